The van der Waals surface area contributed by atoms with Gasteiger partial charge in [0.05, 0.1) is 0 Å². The number of nitrogens with one attached hydrogen (secondary N) is 2. The SMILES string of the molecule is CCC1(C)NC(=O)N(CC(=O)Nc2ccc(C)cc2)C1=O. The van der Waals surface area contributed by atoms with Gasteiger partial charge in [-0.1, -0.05) is 24.6 Å². The molecule has 1 fully saturated rings. The lowest BCUT2D eigenvalue weighted by atomic mass is 9.99. The molecule has 0 saturated carbocycles. The Balaban J connectivity index is 2.01. The number of anilines is 1. The minimum atomic E-state index is -0.915. The molecule has 1 aromatic rings. The van der Waals surface area contributed by atoms with Crippen molar-refractivity contribution in [2.75, 3.05) is 11.9 Å². The Hall–Kier alpha value is -2.37. The van der Waals surface area contributed by atoms with Gasteiger partial charge in [-0.15, -0.1) is 0 Å². The summed E-state index contributed by atoms with van der Waals surface area (Å²) >= 11 is 0. The van der Waals surface area contributed by atoms with E-state index >= 15 is 0 Å². The second kappa shape index (κ2) is 5.55. The van der Waals surface area contributed by atoms with Crippen molar-refractivity contribution in [3.05, 3.63) is 29.8 Å². The first-order valence-corrected chi connectivity index (χ1v) is 6.86. The topological polar surface area (TPSA) is 78.5 Å². The molecule has 2 N–H and O–H groups in total. The van der Waals surface area contributed by atoms with E-state index in [1.165, 1.54) is 0 Å². The van der Waals surface area contributed by atoms with Crippen LogP contribution in [-0.4, -0.2) is 34.8 Å². The van der Waals surface area contributed by atoms with Gasteiger partial charge in [0, 0.05) is 5.69 Å². The summed E-state index contributed by atoms with van der Waals surface area (Å²) in [5.74, 6) is -0.767. The van der Waals surface area contributed by atoms with Crippen molar-refractivity contribution < 1.29 is 14.4 Å². The molecule has 0 aliphatic carbocycles. The van der Waals surface area contributed by atoms with Crippen molar-refractivity contribution in [2.24, 2.45) is 0 Å². The number of imide groups is 1. The van der Waals surface area contributed by atoms with Crippen LogP contribution in [0.4, 0.5) is 10.5 Å². The Kier molecular flexibility index (Phi) is 3.97. The van der Waals surface area contributed by atoms with Crippen molar-refractivity contribution in [1.29, 1.82) is 0 Å². The molecular formula is C15H19N3O3. The molecule has 1 aromatic carbocycles. The van der Waals surface area contributed by atoms with Gasteiger partial charge in [-0.3, -0.25) is 14.5 Å². The molecule has 0 radical (unpaired) electrons. The lowest BCUT2D eigenvalue weighted by Gasteiger charge is -2.19. The monoisotopic (exact) mass is 289 g/mol. The number of hydrogen-bond donors (Lipinski definition) is 2. The molecule has 4 amide bonds. The number of carbonyl (C=O) groups excluding carboxylic acids is 3. The molecule has 6 nitrogen and oxygen atoms in total. The fraction of sp³-hybridized carbons (Fsp3) is 0.400. The smallest absolute Gasteiger partial charge is 0.325 e. The van der Waals surface area contributed by atoms with Crippen LogP contribution in [0.15, 0.2) is 24.3 Å². The van der Waals surface area contributed by atoms with Gasteiger partial charge in [-0.05, 0) is 32.4 Å². The summed E-state index contributed by atoms with van der Waals surface area (Å²) in [6.45, 7) is 5.14. The van der Waals surface area contributed by atoms with E-state index in [0.717, 1.165) is 10.5 Å². The molecule has 1 aliphatic rings. The van der Waals surface area contributed by atoms with Crippen LogP contribution >= 0.6 is 0 Å². The number of rotatable bonds is 4. The summed E-state index contributed by atoms with van der Waals surface area (Å²) in [6.07, 6.45) is 0.480. The predicted octanol–water partition coefficient (Wildman–Crippen LogP) is 1.65. The van der Waals surface area contributed by atoms with Crippen LogP contribution in [0.25, 0.3) is 0 Å². The molecule has 2 rings (SSSR count). The Bertz CT molecular complexity index is 582. The maximum atomic E-state index is 12.2. The molecule has 21 heavy (non-hydrogen) atoms. The third-order valence-corrected chi connectivity index (χ3v) is 3.69. The Labute approximate surface area is 123 Å². The minimum absolute atomic E-state index is 0.284. The van der Waals surface area contributed by atoms with Gasteiger partial charge < -0.3 is 10.6 Å². The summed E-state index contributed by atoms with van der Waals surface area (Å²) in [4.78, 5) is 36.9. The zero-order valence-electron chi connectivity index (χ0n) is 12.4. The summed E-state index contributed by atoms with van der Waals surface area (Å²) < 4.78 is 0. The molecule has 1 saturated heterocycles. The van der Waals surface area contributed by atoms with E-state index in [1.807, 2.05) is 26.0 Å². The van der Waals surface area contributed by atoms with Gasteiger partial charge >= 0.3 is 6.03 Å². The van der Waals surface area contributed by atoms with E-state index in [0.29, 0.717) is 12.1 Å². The quantitative estimate of drug-likeness (QED) is 0.827. The molecule has 1 aliphatic heterocycles. The summed E-state index contributed by atoms with van der Waals surface area (Å²) in [5, 5.41) is 5.28. The van der Waals surface area contributed by atoms with E-state index < -0.39 is 17.5 Å². The third kappa shape index (κ3) is 3.04. The zero-order chi connectivity index (χ0) is 15.6. The van der Waals surface area contributed by atoms with Crippen molar-refractivity contribution in [3.63, 3.8) is 0 Å². The largest absolute Gasteiger partial charge is 0.325 e. The fourth-order valence-corrected chi connectivity index (χ4v) is 2.11. The molecule has 0 aromatic heterocycles. The van der Waals surface area contributed by atoms with E-state index in [4.69, 9.17) is 0 Å². The summed E-state index contributed by atoms with van der Waals surface area (Å²) in [6, 6.07) is 6.77. The first kappa shape index (κ1) is 15.0. The average Bonchev–Trinajstić information content (AvgIpc) is 2.66. The Morgan fingerprint density at radius 3 is 2.43 bits per heavy atom. The van der Waals surface area contributed by atoms with Crippen LogP contribution in [0.1, 0.15) is 25.8 Å². The first-order chi connectivity index (χ1) is 9.85. The lowest BCUT2D eigenvalue weighted by molar-refractivity contribution is -0.133. The van der Waals surface area contributed by atoms with Crippen molar-refractivity contribution in [2.45, 2.75) is 32.7 Å². The molecule has 0 bridgehead atoms. The lowest BCUT2D eigenvalue weighted by Crippen LogP contribution is -2.44. The number of carbonyl (C=O) groups is 3. The van der Waals surface area contributed by atoms with Gasteiger partial charge in [-0.25, -0.2) is 4.79 Å². The molecule has 0 spiro atoms. The van der Waals surface area contributed by atoms with Gasteiger partial charge in [0.15, 0.2) is 0 Å². The Morgan fingerprint density at radius 1 is 1.29 bits per heavy atom. The van der Waals surface area contributed by atoms with Crippen LogP contribution in [0.2, 0.25) is 0 Å². The Morgan fingerprint density at radius 2 is 1.90 bits per heavy atom. The standard InChI is InChI=1S/C15H19N3O3/c1-4-15(3)13(20)18(14(21)17-15)9-12(19)16-11-7-5-10(2)6-8-11/h5-8H,4,9H2,1-3H3,(H,16,19)(H,17,21). The van der Waals surface area contributed by atoms with Crippen LogP contribution in [0.3, 0.4) is 0 Å². The maximum absolute atomic E-state index is 12.2. The van der Waals surface area contributed by atoms with Crippen LogP contribution in [0, 0.1) is 6.92 Å². The van der Waals surface area contributed by atoms with E-state index in [9.17, 15) is 14.4 Å². The van der Waals surface area contributed by atoms with Crippen molar-refractivity contribution >= 4 is 23.5 Å². The molecule has 1 heterocycles. The normalized spacial score (nSPS) is 21.4. The second-order valence-corrected chi connectivity index (χ2v) is 5.42. The highest BCUT2D eigenvalue weighted by molar-refractivity contribution is 6.09. The number of amides is 4. The number of urea groups is 1. The van der Waals surface area contributed by atoms with E-state index in [1.54, 1.807) is 19.1 Å². The molecule has 6 heteroatoms. The van der Waals surface area contributed by atoms with Crippen LogP contribution < -0.4 is 10.6 Å². The van der Waals surface area contributed by atoms with Gasteiger partial charge in [0.2, 0.25) is 5.91 Å². The highest BCUT2D eigenvalue weighted by Gasteiger charge is 2.46. The van der Waals surface area contributed by atoms with Crippen molar-refractivity contribution in [3.8, 4) is 0 Å². The third-order valence-electron chi connectivity index (χ3n) is 3.69. The van der Waals surface area contributed by atoms with Crippen LogP contribution in [0.5, 0.6) is 0 Å². The predicted molar refractivity (Wildman–Crippen MR) is 78.7 cm³/mol. The molecular weight excluding hydrogens is 270 g/mol. The highest BCUT2D eigenvalue weighted by atomic mass is 16.2. The number of hydrogen-bond acceptors (Lipinski definition) is 3. The summed E-state index contributed by atoms with van der Waals surface area (Å²) in [5.41, 5.74) is 0.804. The fourth-order valence-electron chi connectivity index (χ4n) is 2.11. The summed E-state index contributed by atoms with van der Waals surface area (Å²) in [7, 11) is 0. The molecule has 1 atom stereocenters. The van der Waals surface area contributed by atoms with Gasteiger partial charge in [0.1, 0.15) is 12.1 Å². The van der Waals surface area contributed by atoms with Crippen molar-refractivity contribution in [1.82, 2.24) is 10.2 Å². The molecule has 1 unspecified atom stereocenters. The average molecular weight is 289 g/mol. The van der Waals surface area contributed by atoms with Gasteiger partial charge in [0.25, 0.3) is 5.91 Å². The second-order valence-electron chi connectivity index (χ2n) is 5.42. The zero-order valence-corrected chi connectivity index (χ0v) is 12.4. The number of benzene rings is 1. The van der Waals surface area contributed by atoms with E-state index in [-0.39, 0.29) is 12.5 Å². The minimum Gasteiger partial charge on any atom is -0.325 e. The number of aryl methyl sites for hydroxylation is 1. The maximum Gasteiger partial charge on any atom is 0.325 e. The molecule has 112 valence electrons. The highest BCUT2D eigenvalue weighted by Crippen LogP contribution is 2.20. The first-order valence-electron chi connectivity index (χ1n) is 6.86. The van der Waals surface area contributed by atoms with Gasteiger partial charge in [-0.2, -0.15) is 0 Å². The number of nitrogens with zero attached hydrogens (tertiary/aromatic N) is 1. The van der Waals surface area contributed by atoms with Crippen LogP contribution in [-0.2, 0) is 9.59 Å². The van der Waals surface area contributed by atoms with E-state index in [2.05, 4.69) is 10.6 Å².